The molecule has 1 aromatic heterocycles. The Labute approximate surface area is 175 Å². The largest absolute Gasteiger partial charge is 0.491 e. The van der Waals surface area contributed by atoms with Crippen molar-refractivity contribution < 1.29 is 32.8 Å². The van der Waals surface area contributed by atoms with Crippen molar-refractivity contribution in [2.45, 2.75) is 43.9 Å². The summed E-state index contributed by atoms with van der Waals surface area (Å²) in [7, 11) is -1.84. The molecule has 1 amide bonds. The van der Waals surface area contributed by atoms with Crippen molar-refractivity contribution >= 4 is 30.4 Å². The van der Waals surface area contributed by atoms with E-state index in [4.69, 9.17) is 4.74 Å². The minimum atomic E-state index is -4.52. The Kier molecular flexibility index (Phi) is 6.30. The molecule has 1 aliphatic rings. The van der Waals surface area contributed by atoms with Gasteiger partial charge in [-0.05, 0) is 37.8 Å². The highest BCUT2D eigenvalue weighted by Gasteiger charge is 2.41. The van der Waals surface area contributed by atoms with E-state index >= 15 is 0 Å². The Morgan fingerprint density at radius 1 is 1.30 bits per heavy atom. The van der Waals surface area contributed by atoms with Crippen molar-refractivity contribution in [3.63, 3.8) is 0 Å². The van der Waals surface area contributed by atoms with Crippen LogP contribution in [0.4, 0.5) is 18.0 Å². The minimum Gasteiger partial charge on any atom is -0.439 e. The van der Waals surface area contributed by atoms with Crippen LogP contribution in [0.25, 0.3) is 0 Å². The quantitative estimate of drug-likeness (QED) is 0.418. The average Bonchev–Trinajstić information content (AvgIpc) is 2.94. The summed E-state index contributed by atoms with van der Waals surface area (Å²) in [5, 5.41) is 19.5. The van der Waals surface area contributed by atoms with Crippen LogP contribution < -0.4 is 5.46 Å². The van der Waals surface area contributed by atoms with Gasteiger partial charge in [0.05, 0.1) is 23.8 Å². The fraction of sp³-hybridized carbons (Fsp3) is 0.389. The number of cyclic esters (lactones) is 1. The smallest absolute Gasteiger partial charge is 0.439 e. The highest BCUT2D eigenvalue weighted by Crippen LogP contribution is 2.37. The van der Waals surface area contributed by atoms with Crippen molar-refractivity contribution in [3.05, 3.63) is 46.8 Å². The average molecular weight is 441 g/mol. The Bertz CT molecular complexity index is 961. The zero-order valence-electron chi connectivity index (χ0n) is 16.3. The Balaban J connectivity index is 1.91. The number of carbonyl (C=O) groups excluding carboxylic acids is 1. The lowest BCUT2D eigenvalue weighted by atomic mass is 9.80. The summed E-state index contributed by atoms with van der Waals surface area (Å²) in [6, 6.07) is 2.94. The van der Waals surface area contributed by atoms with Gasteiger partial charge in [0.25, 0.3) is 0 Å². The van der Waals surface area contributed by atoms with Gasteiger partial charge in [-0.15, -0.1) is 0 Å². The third-order valence-electron chi connectivity index (χ3n) is 4.81. The summed E-state index contributed by atoms with van der Waals surface area (Å²) in [5.74, 6) is 0. The van der Waals surface area contributed by atoms with E-state index in [1.807, 2.05) is 0 Å². The monoisotopic (exact) mass is 441 g/mol. The lowest BCUT2D eigenvalue weighted by Crippen LogP contribution is -2.39. The summed E-state index contributed by atoms with van der Waals surface area (Å²) in [5.41, 5.74) is 0.0682. The van der Waals surface area contributed by atoms with Gasteiger partial charge < -0.3 is 14.8 Å². The molecular formula is C18H19BF3N3O4S. The van der Waals surface area contributed by atoms with E-state index in [9.17, 15) is 28.0 Å². The molecule has 1 saturated heterocycles. The number of carbonyl (C=O) groups is 1. The predicted octanol–water partition coefficient (Wildman–Crippen LogP) is 2.29. The molecule has 0 unspecified atom stereocenters. The van der Waals surface area contributed by atoms with Crippen LogP contribution in [0.3, 0.4) is 0 Å². The molecule has 2 aromatic rings. The molecule has 2 N–H and O–H groups in total. The summed E-state index contributed by atoms with van der Waals surface area (Å²) < 4.78 is 44.9. The molecule has 7 nitrogen and oxygen atoms in total. The van der Waals surface area contributed by atoms with E-state index in [0.717, 1.165) is 12.1 Å². The molecule has 160 valence electrons. The standard InChI is InChI=1S/C18H19BF3N3O4S/c1-9-4-11(6-12(5-9)18(20,21)22)15-10(2)25(17(26)29-15)8-14-13(19(27)28)7-23-16(24-14)30-3/h4-7,10,15,27-28H,8H2,1-3H3/t10-,15-/m0/s1. The summed E-state index contributed by atoms with van der Waals surface area (Å²) in [4.78, 5) is 22.0. The number of aromatic nitrogens is 2. The zero-order chi connectivity index (χ0) is 22.2. The number of rotatable bonds is 5. The van der Waals surface area contributed by atoms with Gasteiger partial charge in [0, 0.05) is 11.7 Å². The van der Waals surface area contributed by atoms with Gasteiger partial charge in [-0.25, -0.2) is 14.8 Å². The van der Waals surface area contributed by atoms with Crippen LogP contribution in [0.2, 0.25) is 0 Å². The lowest BCUT2D eigenvalue weighted by Gasteiger charge is -2.22. The van der Waals surface area contributed by atoms with E-state index in [0.29, 0.717) is 10.7 Å². The van der Waals surface area contributed by atoms with Crippen molar-refractivity contribution in [1.82, 2.24) is 14.9 Å². The van der Waals surface area contributed by atoms with Gasteiger partial charge in [-0.1, -0.05) is 23.4 Å². The van der Waals surface area contributed by atoms with E-state index in [-0.39, 0.29) is 23.3 Å². The molecule has 0 aliphatic carbocycles. The maximum absolute atomic E-state index is 13.2. The zero-order valence-corrected chi connectivity index (χ0v) is 17.2. The number of thioether (sulfide) groups is 1. The first-order valence-corrected chi connectivity index (χ1v) is 10.2. The summed E-state index contributed by atoms with van der Waals surface area (Å²) >= 11 is 1.24. The summed E-state index contributed by atoms with van der Waals surface area (Å²) in [6.07, 6.45) is -3.16. The fourth-order valence-electron chi connectivity index (χ4n) is 3.31. The van der Waals surface area contributed by atoms with Gasteiger partial charge in [0.2, 0.25) is 0 Å². The second-order valence-corrected chi connectivity index (χ2v) is 7.71. The number of benzene rings is 1. The number of ether oxygens (including phenoxy) is 1. The topological polar surface area (TPSA) is 95.8 Å². The first-order chi connectivity index (χ1) is 14.0. The van der Waals surface area contributed by atoms with Crippen molar-refractivity contribution in [2.75, 3.05) is 6.26 Å². The molecule has 1 aliphatic heterocycles. The van der Waals surface area contributed by atoms with Crippen LogP contribution in [0.5, 0.6) is 0 Å². The third-order valence-corrected chi connectivity index (χ3v) is 5.37. The normalized spacial score (nSPS) is 19.2. The SMILES string of the molecule is CSc1ncc(B(O)O)c(CN2C(=O)O[C@H](c3cc(C)cc(C(F)(F)F)c3)[C@@H]2C)n1. The van der Waals surface area contributed by atoms with Gasteiger partial charge in [-0.2, -0.15) is 13.2 Å². The van der Waals surface area contributed by atoms with Crippen molar-refractivity contribution in [3.8, 4) is 0 Å². The van der Waals surface area contributed by atoms with E-state index < -0.39 is 37.1 Å². The predicted molar refractivity (Wildman–Crippen MR) is 104 cm³/mol. The molecule has 1 fully saturated rings. The molecule has 0 saturated carbocycles. The molecule has 12 heteroatoms. The van der Waals surface area contributed by atoms with Gasteiger partial charge in [-0.3, -0.25) is 4.90 Å². The lowest BCUT2D eigenvalue weighted by molar-refractivity contribution is -0.137. The van der Waals surface area contributed by atoms with Gasteiger partial charge >= 0.3 is 19.4 Å². The maximum Gasteiger partial charge on any atom is 0.491 e. The van der Waals surface area contributed by atoms with Crippen LogP contribution in [0, 0.1) is 6.92 Å². The van der Waals surface area contributed by atoms with Crippen LogP contribution >= 0.6 is 11.8 Å². The number of hydrogen-bond acceptors (Lipinski definition) is 7. The van der Waals surface area contributed by atoms with Crippen LogP contribution in [-0.2, 0) is 17.5 Å². The Hall–Kier alpha value is -2.31. The maximum atomic E-state index is 13.2. The number of aryl methyl sites for hydroxylation is 1. The molecule has 1 aromatic carbocycles. The number of nitrogens with zero attached hydrogens (tertiary/aromatic N) is 3. The molecule has 2 atom stereocenters. The Morgan fingerprint density at radius 2 is 2.00 bits per heavy atom. The third kappa shape index (κ3) is 4.55. The molecule has 3 rings (SSSR count). The number of alkyl halides is 3. The van der Waals surface area contributed by atoms with Gasteiger partial charge in [0.1, 0.15) is 6.10 Å². The van der Waals surface area contributed by atoms with Crippen molar-refractivity contribution in [1.29, 1.82) is 0 Å². The highest BCUT2D eigenvalue weighted by molar-refractivity contribution is 7.98. The van der Waals surface area contributed by atoms with Crippen LogP contribution in [-0.4, -0.2) is 50.4 Å². The number of amides is 1. The Morgan fingerprint density at radius 3 is 2.60 bits per heavy atom. The molecule has 30 heavy (non-hydrogen) atoms. The van der Waals surface area contributed by atoms with Gasteiger partial charge in [0.15, 0.2) is 5.16 Å². The molecule has 2 heterocycles. The molecular weight excluding hydrogens is 422 g/mol. The minimum absolute atomic E-state index is 0.0335. The molecule has 0 bridgehead atoms. The van der Waals surface area contributed by atoms with E-state index in [1.165, 1.54) is 29.8 Å². The second-order valence-electron chi connectivity index (χ2n) is 6.94. The first-order valence-electron chi connectivity index (χ1n) is 8.93. The number of hydrogen-bond donors (Lipinski definition) is 2. The first kappa shape index (κ1) is 22.4. The highest BCUT2D eigenvalue weighted by atomic mass is 32.2. The number of halogens is 3. The fourth-order valence-corrected chi connectivity index (χ4v) is 3.67. The molecule has 0 spiro atoms. The molecule has 0 radical (unpaired) electrons. The summed E-state index contributed by atoms with van der Waals surface area (Å²) in [6.45, 7) is 3.08. The van der Waals surface area contributed by atoms with Crippen molar-refractivity contribution in [2.24, 2.45) is 0 Å². The van der Waals surface area contributed by atoms with Crippen LogP contribution in [0.1, 0.15) is 35.4 Å². The van der Waals surface area contributed by atoms with E-state index in [2.05, 4.69) is 9.97 Å². The van der Waals surface area contributed by atoms with Crippen LogP contribution in [0.15, 0.2) is 29.6 Å². The van der Waals surface area contributed by atoms with E-state index in [1.54, 1.807) is 19.2 Å². The second kappa shape index (κ2) is 8.44.